The van der Waals surface area contributed by atoms with E-state index in [2.05, 4.69) is 25.2 Å². The number of ether oxygens (including phenoxy) is 1. The van der Waals surface area contributed by atoms with Crippen molar-refractivity contribution < 1.29 is 9.53 Å². The monoisotopic (exact) mass is 413 g/mol. The molecule has 1 unspecified atom stereocenters. The maximum absolute atomic E-state index is 12.7. The number of hydrogen-bond donors (Lipinski definition) is 0. The summed E-state index contributed by atoms with van der Waals surface area (Å²) in [5, 5.41) is 13.1. The smallest absolute Gasteiger partial charge is 0.263 e. The minimum absolute atomic E-state index is 0.0442. The molecule has 1 aliphatic rings. The van der Waals surface area contributed by atoms with Crippen molar-refractivity contribution in [2.24, 2.45) is 0 Å². The van der Waals surface area contributed by atoms with Crippen molar-refractivity contribution in [1.29, 1.82) is 0 Å². The Morgan fingerprint density at radius 3 is 2.52 bits per heavy atom. The summed E-state index contributed by atoms with van der Waals surface area (Å²) in [5.41, 5.74) is 0. The second-order valence-electron chi connectivity index (χ2n) is 6.62. The van der Waals surface area contributed by atoms with Gasteiger partial charge in [0, 0.05) is 31.2 Å². The maximum atomic E-state index is 12.7. The van der Waals surface area contributed by atoms with Crippen LogP contribution in [0.25, 0.3) is 5.82 Å². The summed E-state index contributed by atoms with van der Waals surface area (Å²) >= 11 is 5.97. The van der Waals surface area contributed by atoms with Gasteiger partial charge in [-0.3, -0.25) is 4.79 Å². The van der Waals surface area contributed by atoms with Crippen LogP contribution in [0.15, 0.2) is 49.1 Å². The fraction of sp³-hybridized carbons (Fsp3) is 0.316. The molecule has 1 atom stereocenters. The molecule has 1 fully saturated rings. The van der Waals surface area contributed by atoms with E-state index < -0.39 is 6.10 Å². The fourth-order valence-corrected chi connectivity index (χ4v) is 3.32. The van der Waals surface area contributed by atoms with E-state index in [4.69, 9.17) is 16.3 Å². The molecule has 10 heteroatoms. The zero-order valence-corrected chi connectivity index (χ0v) is 16.6. The molecule has 0 aliphatic carbocycles. The van der Waals surface area contributed by atoms with Gasteiger partial charge in [0.15, 0.2) is 17.7 Å². The number of hydrogen-bond acceptors (Lipinski definition) is 7. The van der Waals surface area contributed by atoms with Crippen molar-refractivity contribution in [2.75, 3.05) is 31.1 Å². The van der Waals surface area contributed by atoms with Crippen LogP contribution < -0.4 is 9.64 Å². The molecule has 0 spiro atoms. The average Bonchev–Trinajstić information content (AvgIpc) is 3.28. The Kier molecular flexibility index (Phi) is 5.57. The van der Waals surface area contributed by atoms with Crippen molar-refractivity contribution in [3.63, 3.8) is 0 Å². The Balaban J connectivity index is 1.32. The lowest BCUT2D eigenvalue weighted by Gasteiger charge is -2.36. The van der Waals surface area contributed by atoms with E-state index >= 15 is 0 Å². The molecule has 9 nitrogen and oxygen atoms in total. The Labute approximate surface area is 172 Å². The van der Waals surface area contributed by atoms with E-state index in [1.807, 2.05) is 17.0 Å². The lowest BCUT2D eigenvalue weighted by Crippen LogP contribution is -2.52. The minimum atomic E-state index is -0.582. The summed E-state index contributed by atoms with van der Waals surface area (Å²) in [7, 11) is 0. The first-order chi connectivity index (χ1) is 14.1. The van der Waals surface area contributed by atoms with Crippen LogP contribution in [0.5, 0.6) is 5.75 Å². The van der Waals surface area contributed by atoms with Gasteiger partial charge in [0.25, 0.3) is 5.91 Å². The number of rotatable bonds is 5. The van der Waals surface area contributed by atoms with Crippen molar-refractivity contribution in [3.05, 3.63) is 54.1 Å². The van der Waals surface area contributed by atoms with Crippen molar-refractivity contribution in [2.45, 2.75) is 13.0 Å². The second kappa shape index (κ2) is 8.44. The molecule has 0 saturated carbocycles. The summed E-state index contributed by atoms with van der Waals surface area (Å²) in [6.45, 7) is 4.28. The number of amides is 1. The summed E-state index contributed by atoms with van der Waals surface area (Å²) in [5.74, 6) is 1.91. The predicted molar refractivity (Wildman–Crippen MR) is 107 cm³/mol. The fourth-order valence-electron chi connectivity index (χ4n) is 3.14. The van der Waals surface area contributed by atoms with Gasteiger partial charge in [-0.15, -0.1) is 10.2 Å². The molecule has 3 aromatic rings. The van der Waals surface area contributed by atoms with Gasteiger partial charge in [0.05, 0.1) is 0 Å². The molecule has 29 heavy (non-hydrogen) atoms. The zero-order valence-electron chi connectivity index (χ0n) is 15.8. The van der Waals surface area contributed by atoms with Gasteiger partial charge in [0.1, 0.15) is 18.4 Å². The quantitative estimate of drug-likeness (QED) is 0.630. The van der Waals surface area contributed by atoms with Crippen molar-refractivity contribution in [3.8, 4) is 11.6 Å². The summed E-state index contributed by atoms with van der Waals surface area (Å²) in [6, 6.07) is 10.8. The van der Waals surface area contributed by atoms with E-state index in [1.54, 1.807) is 42.2 Å². The lowest BCUT2D eigenvalue weighted by molar-refractivity contribution is -0.138. The summed E-state index contributed by atoms with van der Waals surface area (Å²) in [6.07, 6.45) is 2.44. The molecule has 1 aliphatic heterocycles. The van der Waals surface area contributed by atoms with Crippen LogP contribution >= 0.6 is 11.6 Å². The van der Waals surface area contributed by atoms with E-state index in [-0.39, 0.29) is 5.91 Å². The molecule has 150 valence electrons. The number of halogens is 1. The van der Waals surface area contributed by atoms with Crippen LogP contribution in [0.3, 0.4) is 0 Å². The normalized spacial score (nSPS) is 15.2. The third kappa shape index (κ3) is 4.45. The van der Waals surface area contributed by atoms with Crippen LogP contribution in [-0.4, -0.2) is 68.1 Å². The van der Waals surface area contributed by atoms with Crippen LogP contribution in [0, 0.1) is 0 Å². The molecule has 4 rings (SSSR count). The predicted octanol–water partition coefficient (Wildman–Crippen LogP) is 1.83. The average molecular weight is 414 g/mol. The van der Waals surface area contributed by atoms with Crippen LogP contribution in [-0.2, 0) is 4.79 Å². The Morgan fingerprint density at radius 1 is 1.10 bits per heavy atom. The Bertz CT molecular complexity index is 957. The van der Waals surface area contributed by atoms with Gasteiger partial charge in [-0.1, -0.05) is 17.7 Å². The molecule has 1 aromatic carbocycles. The molecule has 3 heterocycles. The number of carbonyl (C=O) groups excluding carboxylic acids is 1. The lowest BCUT2D eigenvalue weighted by atomic mass is 10.2. The highest BCUT2D eigenvalue weighted by Crippen LogP contribution is 2.20. The first-order valence-electron chi connectivity index (χ1n) is 9.25. The standard InChI is InChI=1S/C19H20ClN7O2/c1-14(29-16-4-2-3-15(20)11-16)19(28)26-9-7-25(8-10-26)17-5-6-18(24-23-17)27-13-21-12-22-27/h2-6,11-14H,7-10H2,1H3. The minimum Gasteiger partial charge on any atom is -0.481 e. The highest BCUT2D eigenvalue weighted by Gasteiger charge is 2.26. The highest BCUT2D eigenvalue weighted by molar-refractivity contribution is 6.30. The van der Waals surface area contributed by atoms with Crippen LogP contribution in [0.1, 0.15) is 6.92 Å². The molecule has 0 radical (unpaired) electrons. The number of piperazine rings is 1. The van der Waals surface area contributed by atoms with E-state index in [1.165, 1.54) is 6.33 Å². The third-order valence-corrected chi connectivity index (χ3v) is 4.90. The van der Waals surface area contributed by atoms with Crippen LogP contribution in [0.4, 0.5) is 5.82 Å². The molecule has 2 aromatic heterocycles. The van der Waals surface area contributed by atoms with Gasteiger partial charge in [0.2, 0.25) is 0 Å². The van der Waals surface area contributed by atoms with E-state index in [0.717, 1.165) is 5.82 Å². The molecule has 0 bridgehead atoms. The second-order valence-corrected chi connectivity index (χ2v) is 7.06. The van der Waals surface area contributed by atoms with Crippen molar-refractivity contribution in [1.82, 2.24) is 29.9 Å². The van der Waals surface area contributed by atoms with E-state index in [9.17, 15) is 4.79 Å². The number of carbonyl (C=O) groups is 1. The Hall–Kier alpha value is -3.20. The molecule has 1 amide bonds. The SMILES string of the molecule is CC(Oc1cccc(Cl)c1)C(=O)N1CCN(c2ccc(-n3cncn3)nn2)CC1. The van der Waals surface area contributed by atoms with Crippen molar-refractivity contribution >= 4 is 23.3 Å². The largest absolute Gasteiger partial charge is 0.481 e. The molecule has 0 N–H and O–H groups in total. The number of aromatic nitrogens is 5. The molecule has 1 saturated heterocycles. The van der Waals surface area contributed by atoms with Gasteiger partial charge < -0.3 is 14.5 Å². The number of benzene rings is 1. The first-order valence-corrected chi connectivity index (χ1v) is 9.62. The van der Waals surface area contributed by atoms with Gasteiger partial charge in [-0.25, -0.2) is 9.67 Å². The zero-order chi connectivity index (χ0) is 20.2. The first kappa shape index (κ1) is 19.1. The van der Waals surface area contributed by atoms with Gasteiger partial charge in [-0.2, -0.15) is 5.10 Å². The third-order valence-electron chi connectivity index (χ3n) is 4.66. The highest BCUT2D eigenvalue weighted by atomic mass is 35.5. The number of nitrogens with zero attached hydrogens (tertiary/aromatic N) is 7. The molecular formula is C19H20ClN7O2. The maximum Gasteiger partial charge on any atom is 0.263 e. The summed E-state index contributed by atoms with van der Waals surface area (Å²) in [4.78, 5) is 20.5. The Morgan fingerprint density at radius 2 is 1.86 bits per heavy atom. The van der Waals surface area contributed by atoms with Gasteiger partial charge in [-0.05, 0) is 37.3 Å². The van der Waals surface area contributed by atoms with E-state index in [0.29, 0.717) is 42.8 Å². The topological polar surface area (TPSA) is 89.3 Å². The summed E-state index contributed by atoms with van der Waals surface area (Å²) < 4.78 is 7.30. The number of anilines is 1. The van der Waals surface area contributed by atoms with Gasteiger partial charge >= 0.3 is 0 Å². The molecular weight excluding hydrogens is 394 g/mol. The van der Waals surface area contributed by atoms with Crippen LogP contribution in [0.2, 0.25) is 5.02 Å².